The fraction of sp³-hybridized carbons (Fsp3) is 0.235. The van der Waals surface area contributed by atoms with Crippen LogP contribution in [0.15, 0.2) is 41.1 Å². The van der Waals surface area contributed by atoms with Gasteiger partial charge in [0.15, 0.2) is 0 Å². The molecule has 0 atom stereocenters. The van der Waals surface area contributed by atoms with Crippen LogP contribution in [0.1, 0.15) is 12.0 Å². The highest BCUT2D eigenvalue weighted by Gasteiger charge is 2.34. The third-order valence-corrected chi connectivity index (χ3v) is 4.48. The number of hydrogen-bond donors (Lipinski definition) is 1. The summed E-state index contributed by atoms with van der Waals surface area (Å²) in [6, 6.07) is 8.40. The highest BCUT2D eigenvalue weighted by molar-refractivity contribution is 7.07. The predicted molar refractivity (Wildman–Crippen MR) is 93.2 cm³/mol. The highest BCUT2D eigenvalue weighted by Crippen LogP contribution is 2.24. The molecule has 1 aliphatic heterocycles. The maximum Gasteiger partial charge on any atom is 0.331 e. The lowest BCUT2D eigenvalue weighted by Crippen LogP contribution is -2.31. The molecule has 7 heteroatoms. The van der Waals surface area contributed by atoms with Crippen LogP contribution in [0.5, 0.6) is 0 Å². The first-order chi connectivity index (χ1) is 11.5. The minimum atomic E-state index is -0.360. The number of carbonyl (C=O) groups is 3. The summed E-state index contributed by atoms with van der Waals surface area (Å²) in [5, 5.41) is 6.82. The van der Waals surface area contributed by atoms with Crippen LogP contribution in [-0.4, -0.2) is 36.3 Å². The van der Waals surface area contributed by atoms with Gasteiger partial charge in [0.05, 0.1) is 5.69 Å². The number of nitrogens with zero attached hydrogens (tertiary/aromatic N) is 2. The van der Waals surface area contributed by atoms with E-state index in [2.05, 4.69) is 5.32 Å². The van der Waals surface area contributed by atoms with Crippen molar-refractivity contribution in [2.45, 2.75) is 12.8 Å². The van der Waals surface area contributed by atoms with E-state index in [0.29, 0.717) is 24.2 Å². The lowest BCUT2D eigenvalue weighted by molar-refractivity contribution is -0.117. The monoisotopic (exact) mass is 343 g/mol. The molecule has 24 heavy (non-hydrogen) atoms. The number of thiophene rings is 1. The van der Waals surface area contributed by atoms with Crippen molar-refractivity contribution in [2.75, 3.05) is 23.8 Å². The van der Waals surface area contributed by atoms with E-state index in [4.69, 9.17) is 0 Å². The van der Waals surface area contributed by atoms with E-state index in [1.165, 1.54) is 4.90 Å². The Hall–Kier alpha value is -2.67. The van der Waals surface area contributed by atoms with Gasteiger partial charge in [0.1, 0.15) is 6.54 Å². The number of imide groups is 1. The lowest BCUT2D eigenvalue weighted by Gasteiger charge is -2.15. The minimum absolute atomic E-state index is 0.0655. The number of likely N-dealkylation sites (N-methyl/N-ethyl adjacent to an activating group) is 1. The molecule has 0 saturated carbocycles. The van der Waals surface area contributed by atoms with E-state index < -0.39 is 0 Å². The minimum Gasteiger partial charge on any atom is -0.326 e. The summed E-state index contributed by atoms with van der Waals surface area (Å²) in [6.07, 6.45) is 1.06. The molecule has 1 fully saturated rings. The van der Waals surface area contributed by atoms with Crippen molar-refractivity contribution in [3.05, 3.63) is 46.7 Å². The van der Waals surface area contributed by atoms with Gasteiger partial charge in [-0.3, -0.25) is 9.59 Å². The summed E-state index contributed by atoms with van der Waals surface area (Å²) in [4.78, 5) is 38.5. The van der Waals surface area contributed by atoms with Gasteiger partial charge in [-0.15, -0.1) is 0 Å². The Morgan fingerprint density at radius 2 is 2.12 bits per heavy atom. The van der Waals surface area contributed by atoms with E-state index in [9.17, 15) is 14.4 Å². The number of aryl methyl sites for hydroxylation is 1. The number of hydrogen-bond acceptors (Lipinski definition) is 4. The molecule has 1 aromatic heterocycles. The van der Waals surface area contributed by atoms with E-state index in [1.807, 2.05) is 16.8 Å². The molecule has 1 aliphatic rings. The second-order valence-corrected chi connectivity index (χ2v) is 6.38. The number of benzene rings is 1. The van der Waals surface area contributed by atoms with Crippen LogP contribution < -0.4 is 10.2 Å². The van der Waals surface area contributed by atoms with Crippen LogP contribution >= 0.6 is 11.3 Å². The number of amides is 4. The first-order valence-corrected chi connectivity index (χ1v) is 8.48. The highest BCUT2D eigenvalue weighted by atomic mass is 32.1. The molecule has 124 valence electrons. The Morgan fingerprint density at radius 3 is 2.79 bits per heavy atom. The van der Waals surface area contributed by atoms with Crippen molar-refractivity contribution in [1.82, 2.24) is 4.90 Å². The van der Waals surface area contributed by atoms with Crippen LogP contribution in [0, 0.1) is 0 Å². The van der Waals surface area contributed by atoms with Gasteiger partial charge in [0, 0.05) is 19.2 Å². The van der Waals surface area contributed by atoms with Crippen molar-refractivity contribution in [3.8, 4) is 0 Å². The Labute approximate surface area is 143 Å². The number of nitrogens with one attached hydrogen (secondary N) is 1. The maximum absolute atomic E-state index is 12.1. The normalized spacial score (nSPS) is 14.4. The van der Waals surface area contributed by atoms with E-state index in [-0.39, 0.29) is 24.4 Å². The first kappa shape index (κ1) is 16.2. The molecule has 1 aromatic carbocycles. The van der Waals surface area contributed by atoms with Crippen molar-refractivity contribution in [2.24, 2.45) is 0 Å². The summed E-state index contributed by atoms with van der Waals surface area (Å²) in [7, 11) is 1.58. The zero-order valence-corrected chi connectivity index (χ0v) is 14.0. The molecule has 6 nitrogen and oxygen atoms in total. The molecule has 0 spiro atoms. The Bertz CT molecular complexity index is 773. The van der Waals surface area contributed by atoms with Crippen molar-refractivity contribution in [3.63, 3.8) is 0 Å². The van der Waals surface area contributed by atoms with E-state index in [0.717, 1.165) is 10.5 Å². The topological polar surface area (TPSA) is 69.7 Å². The fourth-order valence-corrected chi connectivity index (χ4v) is 3.22. The molecule has 0 unspecified atom stereocenters. The van der Waals surface area contributed by atoms with Gasteiger partial charge in [0.2, 0.25) is 5.91 Å². The number of carbonyl (C=O) groups excluding carboxylic acids is 3. The smallest absolute Gasteiger partial charge is 0.326 e. The van der Waals surface area contributed by atoms with Gasteiger partial charge in [-0.05, 0) is 47.0 Å². The average Bonchev–Trinajstić information content (AvgIpc) is 3.14. The van der Waals surface area contributed by atoms with Gasteiger partial charge in [-0.25, -0.2) is 9.69 Å². The first-order valence-electron chi connectivity index (χ1n) is 7.53. The van der Waals surface area contributed by atoms with Gasteiger partial charge in [-0.2, -0.15) is 11.3 Å². The second-order valence-electron chi connectivity index (χ2n) is 5.60. The predicted octanol–water partition coefficient (Wildman–Crippen LogP) is 2.72. The zero-order chi connectivity index (χ0) is 17.1. The Kier molecular flexibility index (Phi) is 4.61. The van der Waals surface area contributed by atoms with Crippen molar-refractivity contribution >= 4 is 40.6 Å². The van der Waals surface area contributed by atoms with Crippen LogP contribution in [0.3, 0.4) is 0 Å². The molecular weight excluding hydrogens is 326 g/mol. The lowest BCUT2D eigenvalue weighted by atomic mass is 10.2. The molecule has 1 N–H and O–H groups in total. The van der Waals surface area contributed by atoms with E-state index in [1.54, 1.807) is 42.6 Å². The summed E-state index contributed by atoms with van der Waals surface area (Å²) in [5.74, 6) is -0.377. The molecule has 2 aromatic rings. The third kappa shape index (κ3) is 3.46. The summed E-state index contributed by atoms with van der Waals surface area (Å²) < 4.78 is 0. The second kappa shape index (κ2) is 6.84. The van der Waals surface area contributed by atoms with Gasteiger partial charge in [-0.1, -0.05) is 6.07 Å². The number of anilines is 2. The Balaban J connectivity index is 1.66. The van der Waals surface area contributed by atoms with Crippen LogP contribution in [0.4, 0.5) is 16.2 Å². The summed E-state index contributed by atoms with van der Waals surface area (Å²) >= 11 is 1.61. The molecular formula is C17H17N3O3S. The Morgan fingerprint density at radius 1 is 1.29 bits per heavy atom. The number of urea groups is 1. The molecule has 3 rings (SSSR count). The van der Waals surface area contributed by atoms with Crippen LogP contribution in [-0.2, 0) is 16.0 Å². The van der Waals surface area contributed by atoms with Gasteiger partial charge < -0.3 is 10.2 Å². The van der Waals surface area contributed by atoms with Crippen LogP contribution in [0.25, 0.3) is 0 Å². The van der Waals surface area contributed by atoms with Crippen molar-refractivity contribution < 1.29 is 14.4 Å². The third-order valence-electron chi connectivity index (χ3n) is 3.75. The summed E-state index contributed by atoms with van der Waals surface area (Å²) in [6.45, 7) is 0.0655. The summed E-state index contributed by atoms with van der Waals surface area (Å²) in [5.41, 5.74) is 2.17. The SMILES string of the molecule is CN1CC(=O)N(c2cccc(NC(=O)CCc3ccsc3)c2)C1=O. The molecule has 1 saturated heterocycles. The van der Waals surface area contributed by atoms with Gasteiger partial charge >= 0.3 is 6.03 Å². The zero-order valence-electron chi connectivity index (χ0n) is 13.2. The van der Waals surface area contributed by atoms with Crippen LogP contribution in [0.2, 0.25) is 0 Å². The maximum atomic E-state index is 12.1. The van der Waals surface area contributed by atoms with Crippen molar-refractivity contribution in [1.29, 1.82) is 0 Å². The van der Waals surface area contributed by atoms with Gasteiger partial charge in [0.25, 0.3) is 5.91 Å². The molecule has 0 bridgehead atoms. The number of rotatable bonds is 5. The fourth-order valence-electron chi connectivity index (χ4n) is 2.51. The molecule has 4 amide bonds. The standard InChI is InChI=1S/C17H17N3O3S/c1-19-10-16(22)20(17(19)23)14-4-2-3-13(9-14)18-15(21)6-5-12-7-8-24-11-12/h2-4,7-9,11H,5-6,10H2,1H3,(H,18,21). The average molecular weight is 343 g/mol. The molecule has 0 radical (unpaired) electrons. The van der Waals surface area contributed by atoms with E-state index >= 15 is 0 Å². The molecule has 0 aliphatic carbocycles. The largest absolute Gasteiger partial charge is 0.331 e. The molecule has 2 heterocycles. The quantitative estimate of drug-likeness (QED) is 0.849.